The van der Waals surface area contributed by atoms with Gasteiger partial charge in [0.05, 0.1) is 0 Å². The molecule has 2 heterocycles. The largest absolute Gasteiger partial charge is 0.303 e. The lowest BCUT2D eigenvalue weighted by molar-refractivity contribution is 0.421. The van der Waals surface area contributed by atoms with Gasteiger partial charge in [0.15, 0.2) is 0 Å². The molecule has 3 rings (SSSR count). The van der Waals surface area contributed by atoms with Crippen LogP contribution in [0.15, 0.2) is 23.6 Å². The maximum Gasteiger partial charge on any atom is 0.0391 e. The van der Waals surface area contributed by atoms with Crippen LogP contribution in [0.2, 0.25) is 0 Å². The number of thiophene rings is 2. The van der Waals surface area contributed by atoms with Crippen molar-refractivity contribution in [2.75, 3.05) is 0 Å². The number of hydrogen-bond acceptors (Lipinski definition) is 3. The highest BCUT2D eigenvalue weighted by Crippen LogP contribution is 2.35. The van der Waals surface area contributed by atoms with Gasteiger partial charge in [0.25, 0.3) is 0 Å². The summed E-state index contributed by atoms with van der Waals surface area (Å²) in [5.41, 5.74) is 1.55. The summed E-state index contributed by atoms with van der Waals surface area (Å²) in [5, 5.41) is 6.08. The van der Waals surface area contributed by atoms with E-state index in [1.807, 2.05) is 22.7 Å². The van der Waals surface area contributed by atoms with E-state index in [2.05, 4.69) is 42.7 Å². The molecule has 19 heavy (non-hydrogen) atoms. The minimum atomic E-state index is 0.459. The molecular formula is C16H21NS2. The molecule has 0 amide bonds. The van der Waals surface area contributed by atoms with Crippen LogP contribution in [0.4, 0.5) is 0 Å². The molecule has 102 valence electrons. The number of hydrogen-bond donors (Lipinski definition) is 1. The Kier molecular flexibility index (Phi) is 4.06. The first-order valence-electron chi connectivity index (χ1n) is 7.19. The molecule has 0 saturated heterocycles. The highest BCUT2D eigenvalue weighted by atomic mass is 32.1. The van der Waals surface area contributed by atoms with Crippen molar-refractivity contribution in [3.63, 3.8) is 0 Å². The van der Waals surface area contributed by atoms with E-state index in [-0.39, 0.29) is 0 Å². The van der Waals surface area contributed by atoms with Crippen LogP contribution in [-0.4, -0.2) is 0 Å². The standard InChI is InChI=1S/C16H21NS2/c1-3-12-7-8-15(19-12)11(2)17-14-5-4-6-16-13(14)9-10-18-16/h7-11,14,17H,3-6H2,1-2H3. The Morgan fingerprint density at radius 2 is 2.26 bits per heavy atom. The molecule has 0 fully saturated rings. The smallest absolute Gasteiger partial charge is 0.0391 e. The van der Waals surface area contributed by atoms with Crippen molar-refractivity contribution in [2.45, 2.75) is 51.6 Å². The van der Waals surface area contributed by atoms with Gasteiger partial charge < -0.3 is 5.32 Å². The number of rotatable bonds is 4. The summed E-state index contributed by atoms with van der Waals surface area (Å²) in [6.45, 7) is 4.53. The molecule has 2 unspecified atom stereocenters. The highest BCUT2D eigenvalue weighted by molar-refractivity contribution is 7.12. The minimum Gasteiger partial charge on any atom is -0.303 e. The molecule has 2 aromatic rings. The fraction of sp³-hybridized carbons (Fsp3) is 0.500. The first-order chi connectivity index (χ1) is 9.28. The monoisotopic (exact) mass is 291 g/mol. The summed E-state index contributed by atoms with van der Waals surface area (Å²) in [5.74, 6) is 0. The number of fused-ring (bicyclic) bond motifs is 1. The maximum atomic E-state index is 3.83. The van der Waals surface area contributed by atoms with E-state index >= 15 is 0 Å². The second kappa shape index (κ2) is 5.78. The first kappa shape index (κ1) is 13.3. The van der Waals surface area contributed by atoms with Crippen molar-refractivity contribution < 1.29 is 0 Å². The van der Waals surface area contributed by atoms with E-state index in [0.29, 0.717) is 12.1 Å². The topological polar surface area (TPSA) is 12.0 Å². The molecule has 0 spiro atoms. The first-order valence-corrected chi connectivity index (χ1v) is 8.88. The van der Waals surface area contributed by atoms with E-state index in [4.69, 9.17) is 0 Å². The van der Waals surface area contributed by atoms with E-state index in [1.165, 1.54) is 29.0 Å². The summed E-state index contributed by atoms with van der Waals surface area (Å²) >= 11 is 3.88. The molecule has 2 aromatic heterocycles. The Bertz CT molecular complexity index is 540. The van der Waals surface area contributed by atoms with Crippen molar-refractivity contribution in [1.29, 1.82) is 0 Å². The van der Waals surface area contributed by atoms with Gasteiger partial charge >= 0.3 is 0 Å². The van der Waals surface area contributed by atoms with Crippen LogP contribution in [0, 0.1) is 0 Å². The summed E-state index contributed by atoms with van der Waals surface area (Å²) < 4.78 is 0. The molecule has 0 saturated carbocycles. The van der Waals surface area contributed by atoms with Gasteiger partial charge in [0.2, 0.25) is 0 Å². The molecule has 1 nitrogen and oxygen atoms in total. The van der Waals surface area contributed by atoms with E-state index in [1.54, 1.807) is 10.4 Å². The van der Waals surface area contributed by atoms with Crippen LogP contribution >= 0.6 is 22.7 Å². The predicted molar refractivity (Wildman–Crippen MR) is 85.2 cm³/mol. The third-order valence-electron chi connectivity index (χ3n) is 3.96. The molecule has 3 heteroatoms. The molecular weight excluding hydrogens is 270 g/mol. The fourth-order valence-electron chi connectivity index (χ4n) is 2.86. The Balaban J connectivity index is 1.72. The number of nitrogens with one attached hydrogen (secondary N) is 1. The Morgan fingerprint density at radius 3 is 3.05 bits per heavy atom. The SMILES string of the molecule is CCc1ccc(C(C)NC2CCCc3sccc32)s1. The Labute approximate surface area is 123 Å². The van der Waals surface area contributed by atoms with E-state index in [9.17, 15) is 0 Å². The van der Waals surface area contributed by atoms with Crippen LogP contribution < -0.4 is 5.32 Å². The summed E-state index contributed by atoms with van der Waals surface area (Å²) in [6.07, 6.45) is 5.02. The zero-order chi connectivity index (χ0) is 13.2. The van der Waals surface area contributed by atoms with Crippen molar-refractivity contribution in [2.24, 2.45) is 0 Å². The maximum absolute atomic E-state index is 3.83. The van der Waals surface area contributed by atoms with Gasteiger partial charge in [-0.3, -0.25) is 0 Å². The summed E-state index contributed by atoms with van der Waals surface area (Å²) in [6, 6.07) is 7.89. The molecule has 0 bridgehead atoms. The molecule has 0 aromatic carbocycles. The van der Waals surface area contributed by atoms with Crippen LogP contribution in [0.5, 0.6) is 0 Å². The van der Waals surface area contributed by atoms with Crippen LogP contribution in [0.25, 0.3) is 0 Å². The van der Waals surface area contributed by atoms with Crippen LogP contribution in [0.1, 0.15) is 59.0 Å². The molecule has 0 radical (unpaired) electrons. The molecule has 0 aliphatic heterocycles. The highest BCUT2D eigenvalue weighted by Gasteiger charge is 2.23. The van der Waals surface area contributed by atoms with Gasteiger partial charge in [0.1, 0.15) is 0 Å². The van der Waals surface area contributed by atoms with Crippen molar-refractivity contribution in [3.8, 4) is 0 Å². The van der Waals surface area contributed by atoms with Gasteiger partial charge in [-0.1, -0.05) is 6.92 Å². The van der Waals surface area contributed by atoms with E-state index in [0.717, 1.165) is 6.42 Å². The van der Waals surface area contributed by atoms with Gasteiger partial charge in [-0.05, 0) is 61.7 Å². The molecule has 2 atom stereocenters. The zero-order valence-corrected chi connectivity index (χ0v) is 13.2. The normalized spacial score (nSPS) is 20.2. The zero-order valence-electron chi connectivity index (χ0n) is 11.6. The van der Waals surface area contributed by atoms with Gasteiger partial charge in [-0.25, -0.2) is 0 Å². The Hall–Kier alpha value is -0.640. The van der Waals surface area contributed by atoms with Crippen LogP contribution in [-0.2, 0) is 12.8 Å². The van der Waals surface area contributed by atoms with Gasteiger partial charge in [-0.15, -0.1) is 22.7 Å². The van der Waals surface area contributed by atoms with Gasteiger partial charge in [-0.2, -0.15) is 0 Å². The second-order valence-corrected chi connectivity index (χ2v) is 7.49. The third-order valence-corrected chi connectivity index (χ3v) is 6.37. The lowest BCUT2D eigenvalue weighted by Gasteiger charge is -2.26. The second-order valence-electron chi connectivity index (χ2n) is 5.29. The average Bonchev–Trinajstić information content (AvgIpc) is 3.08. The third kappa shape index (κ3) is 2.78. The molecule has 1 aliphatic rings. The lowest BCUT2D eigenvalue weighted by Crippen LogP contribution is -2.26. The van der Waals surface area contributed by atoms with Gasteiger partial charge in [0, 0.05) is 26.7 Å². The van der Waals surface area contributed by atoms with Crippen molar-refractivity contribution in [1.82, 2.24) is 5.32 Å². The minimum absolute atomic E-state index is 0.459. The van der Waals surface area contributed by atoms with Crippen molar-refractivity contribution in [3.05, 3.63) is 43.8 Å². The van der Waals surface area contributed by atoms with Crippen molar-refractivity contribution >= 4 is 22.7 Å². The molecule has 1 aliphatic carbocycles. The molecule has 1 N–H and O–H groups in total. The fourth-order valence-corrected chi connectivity index (χ4v) is 4.81. The number of aryl methyl sites for hydroxylation is 2. The Morgan fingerprint density at radius 1 is 1.37 bits per heavy atom. The summed E-state index contributed by atoms with van der Waals surface area (Å²) in [4.78, 5) is 4.55. The van der Waals surface area contributed by atoms with Crippen LogP contribution in [0.3, 0.4) is 0 Å². The lowest BCUT2D eigenvalue weighted by atomic mass is 9.93. The predicted octanol–water partition coefficient (Wildman–Crippen LogP) is 5.10. The average molecular weight is 291 g/mol. The quantitative estimate of drug-likeness (QED) is 0.826. The summed E-state index contributed by atoms with van der Waals surface area (Å²) in [7, 11) is 0. The van der Waals surface area contributed by atoms with E-state index < -0.39 is 0 Å².